The van der Waals surface area contributed by atoms with Crippen LogP contribution in [-0.4, -0.2) is 44.7 Å². The first-order valence-electron chi connectivity index (χ1n) is 9.55. The molecule has 25 heavy (non-hydrogen) atoms. The smallest absolute Gasteiger partial charge is 0.303 e. The summed E-state index contributed by atoms with van der Waals surface area (Å²) < 4.78 is 0. The van der Waals surface area contributed by atoms with Gasteiger partial charge in [-0.1, -0.05) is 50.5 Å². The summed E-state index contributed by atoms with van der Waals surface area (Å²) in [4.78, 5) is 10.5. The van der Waals surface area contributed by atoms with Gasteiger partial charge >= 0.3 is 5.97 Å². The molecule has 5 nitrogen and oxygen atoms in total. The van der Waals surface area contributed by atoms with Gasteiger partial charge in [0.1, 0.15) is 0 Å². The van der Waals surface area contributed by atoms with Crippen LogP contribution in [0.25, 0.3) is 0 Å². The highest BCUT2D eigenvalue weighted by atomic mass is 16.4. The van der Waals surface area contributed by atoms with Crippen LogP contribution in [0.15, 0.2) is 24.3 Å². The quantitative estimate of drug-likeness (QED) is 0.319. The van der Waals surface area contributed by atoms with Crippen molar-refractivity contribution < 1.29 is 25.2 Å². The van der Waals surface area contributed by atoms with Crippen molar-refractivity contribution in [1.82, 2.24) is 0 Å². The van der Waals surface area contributed by atoms with E-state index in [9.17, 15) is 20.1 Å². The lowest BCUT2D eigenvalue weighted by Gasteiger charge is -2.19. The van der Waals surface area contributed by atoms with Crippen molar-refractivity contribution in [2.75, 3.05) is 0 Å². The van der Waals surface area contributed by atoms with Gasteiger partial charge in [0.15, 0.2) is 0 Å². The second kappa shape index (κ2) is 12.2. The van der Waals surface area contributed by atoms with Crippen molar-refractivity contribution in [3.8, 4) is 0 Å². The van der Waals surface area contributed by atoms with Gasteiger partial charge in [-0.25, -0.2) is 0 Å². The fourth-order valence-electron chi connectivity index (χ4n) is 3.41. The maximum atomic E-state index is 10.5. The van der Waals surface area contributed by atoms with Crippen molar-refractivity contribution in [2.24, 2.45) is 11.8 Å². The lowest BCUT2D eigenvalue weighted by Crippen LogP contribution is -2.20. The van der Waals surface area contributed by atoms with Crippen LogP contribution in [0.4, 0.5) is 0 Å². The lowest BCUT2D eigenvalue weighted by molar-refractivity contribution is -0.137. The van der Waals surface area contributed by atoms with Gasteiger partial charge in [-0.15, -0.1) is 0 Å². The number of unbranched alkanes of at least 4 members (excludes halogenated alkanes) is 3. The number of rotatable bonds is 12. The first kappa shape index (κ1) is 21.9. The summed E-state index contributed by atoms with van der Waals surface area (Å²) >= 11 is 0. The minimum Gasteiger partial charge on any atom is -0.481 e. The van der Waals surface area contributed by atoms with Crippen LogP contribution >= 0.6 is 0 Å². The third-order valence-corrected chi connectivity index (χ3v) is 4.91. The van der Waals surface area contributed by atoms with Gasteiger partial charge in [0.05, 0.1) is 18.3 Å². The number of hydrogen-bond donors (Lipinski definition) is 4. The molecule has 1 aliphatic rings. The average Bonchev–Trinajstić information content (AvgIpc) is 2.82. The predicted octanol–water partition coefficient (Wildman–Crippen LogP) is 3.04. The molecule has 1 fully saturated rings. The zero-order chi connectivity index (χ0) is 18.7. The Labute approximate surface area is 151 Å². The molecule has 0 spiro atoms. The number of hydrogen-bond acceptors (Lipinski definition) is 4. The standard InChI is InChI=1S/C20H34O5/c1-2-3-6-9-15(21)12-13-17-16(18(22)14-19(17)23)10-7-4-5-8-11-20(24)25/h4,7,12-13,15-19,21-23H,2-3,5-6,8-11,14H2,1H3,(H,24,25)/b7-4+,13-12+/t15-,16+,17+,18-,19-/m0/s1. The Balaban J connectivity index is 2.46. The summed E-state index contributed by atoms with van der Waals surface area (Å²) in [6.07, 6.45) is 12.3. The molecule has 1 rings (SSSR count). The summed E-state index contributed by atoms with van der Waals surface area (Å²) in [6, 6.07) is 0. The van der Waals surface area contributed by atoms with E-state index in [0.29, 0.717) is 25.7 Å². The molecule has 0 aromatic heterocycles. The lowest BCUT2D eigenvalue weighted by atomic mass is 9.89. The number of aliphatic carboxylic acids is 1. The summed E-state index contributed by atoms with van der Waals surface area (Å²) in [5.74, 6) is -1.00. The second-order valence-corrected chi connectivity index (χ2v) is 7.05. The fourth-order valence-corrected chi connectivity index (χ4v) is 3.41. The molecule has 5 atom stereocenters. The van der Waals surface area contributed by atoms with E-state index >= 15 is 0 Å². The topological polar surface area (TPSA) is 98.0 Å². The van der Waals surface area contributed by atoms with E-state index in [-0.39, 0.29) is 18.3 Å². The molecule has 0 unspecified atom stereocenters. The van der Waals surface area contributed by atoms with Crippen LogP contribution in [0.3, 0.4) is 0 Å². The van der Waals surface area contributed by atoms with Gasteiger partial charge in [-0.05, 0) is 31.6 Å². The van der Waals surface area contributed by atoms with E-state index in [2.05, 4.69) is 6.92 Å². The maximum absolute atomic E-state index is 10.5. The third kappa shape index (κ3) is 8.66. The molecule has 4 N–H and O–H groups in total. The summed E-state index contributed by atoms with van der Waals surface area (Å²) in [5, 5.41) is 39.0. The van der Waals surface area contributed by atoms with Crippen molar-refractivity contribution in [2.45, 2.75) is 83.0 Å². The van der Waals surface area contributed by atoms with Crippen LogP contribution < -0.4 is 0 Å². The Morgan fingerprint density at radius 2 is 1.92 bits per heavy atom. The third-order valence-electron chi connectivity index (χ3n) is 4.91. The molecule has 1 aliphatic carbocycles. The first-order valence-corrected chi connectivity index (χ1v) is 9.55. The highest BCUT2D eigenvalue weighted by Crippen LogP contribution is 2.36. The molecule has 5 heteroatoms. The molecule has 0 amide bonds. The van der Waals surface area contributed by atoms with E-state index in [1.54, 1.807) is 6.08 Å². The number of allylic oxidation sites excluding steroid dienone is 2. The van der Waals surface area contributed by atoms with Crippen LogP contribution in [0.5, 0.6) is 0 Å². The van der Waals surface area contributed by atoms with Crippen molar-refractivity contribution in [1.29, 1.82) is 0 Å². The van der Waals surface area contributed by atoms with Crippen LogP contribution in [0.2, 0.25) is 0 Å². The van der Waals surface area contributed by atoms with E-state index in [1.165, 1.54) is 0 Å². The largest absolute Gasteiger partial charge is 0.481 e. The summed E-state index contributed by atoms with van der Waals surface area (Å²) in [7, 11) is 0. The highest BCUT2D eigenvalue weighted by molar-refractivity contribution is 5.66. The molecule has 0 bridgehead atoms. The van der Waals surface area contributed by atoms with Gasteiger partial charge in [0.25, 0.3) is 0 Å². The van der Waals surface area contributed by atoms with Gasteiger partial charge in [0, 0.05) is 18.8 Å². The minimum atomic E-state index is -0.787. The Bertz CT molecular complexity index is 432. The number of aliphatic hydroxyl groups is 3. The SMILES string of the molecule is CCCCC[C@H](O)/C=C/[C@@H]1[C@@H](C/C=C/CCCC(=O)O)[C@@H](O)C[C@@H]1O. The number of carboxylic acid groups (broad SMARTS) is 1. The maximum Gasteiger partial charge on any atom is 0.303 e. The van der Waals surface area contributed by atoms with Crippen LogP contribution in [0.1, 0.15) is 64.7 Å². The van der Waals surface area contributed by atoms with E-state index in [0.717, 1.165) is 25.7 Å². The van der Waals surface area contributed by atoms with Gasteiger partial charge < -0.3 is 20.4 Å². The summed E-state index contributed by atoms with van der Waals surface area (Å²) in [5.41, 5.74) is 0. The first-order chi connectivity index (χ1) is 12.0. The van der Waals surface area contributed by atoms with Gasteiger partial charge in [0.2, 0.25) is 0 Å². The van der Waals surface area contributed by atoms with E-state index in [1.807, 2.05) is 18.2 Å². The summed E-state index contributed by atoms with van der Waals surface area (Å²) in [6.45, 7) is 2.12. The highest BCUT2D eigenvalue weighted by Gasteiger charge is 2.39. The predicted molar refractivity (Wildman–Crippen MR) is 98.1 cm³/mol. The monoisotopic (exact) mass is 354 g/mol. The molecular formula is C20H34O5. The molecule has 0 heterocycles. The molecule has 0 radical (unpaired) electrons. The van der Waals surface area contributed by atoms with Crippen molar-refractivity contribution in [3.05, 3.63) is 24.3 Å². The van der Waals surface area contributed by atoms with E-state index < -0.39 is 24.3 Å². The molecule has 0 aromatic carbocycles. The molecule has 0 saturated heterocycles. The molecule has 0 aliphatic heterocycles. The molecular weight excluding hydrogens is 320 g/mol. The van der Waals surface area contributed by atoms with Crippen molar-refractivity contribution >= 4 is 5.97 Å². The Hall–Kier alpha value is -1.17. The van der Waals surface area contributed by atoms with Crippen molar-refractivity contribution in [3.63, 3.8) is 0 Å². The number of aliphatic hydroxyl groups excluding tert-OH is 3. The normalized spacial score (nSPS) is 28.2. The molecule has 1 saturated carbocycles. The zero-order valence-corrected chi connectivity index (χ0v) is 15.3. The second-order valence-electron chi connectivity index (χ2n) is 7.05. The van der Waals surface area contributed by atoms with Crippen LogP contribution in [0, 0.1) is 11.8 Å². The minimum absolute atomic E-state index is 0.0650. The number of carbonyl (C=O) groups is 1. The van der Waals surface area contributed by atoms with Gasteiger partial charge in [-0.3, -0.25) is 4.79 Å². The van der Waals surface area contributed by atoms with E-state index in [4.69, 9.17) is 5.11 Å². The molecule has 144 valence electrons. The Kier molecular flexibility index (Phi) is 10.7. The van der Waals surface area contributed by atoms with Crippen LogP contribution in [-0.2, 0) is 4.79 Å². The zero-order valence-electron chi connectivity index (χ0n) is 15.3. The fraction of sp³-hybridized carbons (Fsp3) is 0.750. The van der Waals surface area contributed by atoms with Gasteiger partial charge in [-0.2, -0.15) is 0 Å². The Morgan fingerprint density at radius 3 is 2.60 bits per heavy atom. The number of carboxylic acids is 1. The Morgan fingerprint density at radius 1 is 1.16 bits per heavy atom. The molecule has 0 aromatic rings. The average molecular weight is 354 g/mol.